The summed E-state index contributed by atoms with van der Waals surface area (Å²) in [6.45, 7) is 1.25. The van der Waals surface area contributed by atoms with Crippen molar-refractivity contribution in [2.24, 2.45) is 7.05 Å². The predicted molar refractivity (Wildman–Crippen MR) is 125 cm³/mol. The fraction of sp³-hybridized carbons (Fsp3) is 0.240. The topological polar surface area (TPSA) is 95.4 Å². The molecule has 2 unspecified atom stereocenters. The molecule has 9 heteroatoms. The molecule has 0 aliphatic carbocycles. The monoisotopic (exact) mass is 448 g/mol. The van der Waals surface area contributed by atoms with Gasteiger partial charge in [-0.25, -0.2) is 9.50 Å². The summed E-state index contributed by atoms with van der Waals surface area (Å²) < 4.78 is 3.49. The Kier molecular flexibility index (Phi) is 4.39. The number of piperidine rings is 1. The summed E-state index contributed by atoms with van der Waals surface area (Å²) in [6, 6.07) is 8.78. The number of aryl methyl sites for hydroxylation is 1. The molecular weight excluding hydrogens is 428 g/mol. The molecule has 0 radical (unpaired) electrons. The van der Waals surface area contributed by atoms with Crippen LogP contribution in [0.2, 0.25) is 0 Å². The van der Waals surface area contributed by atoms with Crippen molar-refractivity contribution in [3.05, 3.63) is 54.7 Å². The lowest BCUT2D eigenvalue weighted by Crippen LogP contribution is -2.69. The van der Waals surface area contributed by atoms with Crippen molar-refractivity contribution in [1.82, 2.24) is 29.3 Å². The van der Waals surface area contributed by atoms with Gasteiger partial charge in [-0.15, -0.1) is 6.42 Å². The molecule has 4 aromatic rings. The number of rotatable bonds is 3. The minimum absolute atomic E-state index is 0.232. The first-order chi connectivity index (χ1) is 16.6. The number of terminal acetylenes is 1. The van der Waals surface area contributed by atoms with Crippen molar-refractivity contribution in [2.75, 3.05) is 18.0 Å². The van der Waals surface area contributed by atoms with E-state index in [9.17, 15) is 10.1 Å². The zero-order valence-electron chi connectivity index (χ0n) is 18.5. The van der Waals surface area contributed by atoms with E-state index in [1.54, 1.807) is 26.5 Å². The number of carbonyl (C=O) groups is 1. The van der Waals surface area contributed by atoms with Gasteiger partial charge in [0.2, 0.25) is 0 Å². The number of nitriles is 1. The van der Waals surface area contributed by atoms with Gasteiger partial charge in [0.05, 0.1) is 35.6 Å². The molecule has 166 valence electrons. The van der Waals surface area contributed by atoms with Crippen molar-refractivity contribution in [2.45, 2.75) is 18.5 Å². The lowest BCUT2D eigenvalue weighted by molar-refractivity contribution is -0.128. The fourth-order valence-corrected chi connectivity index (χ4v) is 5.09. The molecule has 4 aromatic heterocycles. The van der Waals surface area contributed by atoms with Gasteiger partial charge in [-0.2, -0.15) is 15.5 Å². The summed E-state index contributed by atoms with van der Waals surface area (Å²) in [6.07, 6.45) is 15.4. The van der Waals surface area contributed by atoms with E-state index in [4.69, 9.17) is 11.4 Å². The second-order valence-corrected chi connectivity index (χ2v) is 8.72. The van der Waals surface area contributed by atoms with Crippen LogP contribution in [-0.2, 0) is 11.8 Å². The summed E-state index contributed by atoms with van der Waals surface area (Å²) >= 11 is 0. The first-order valence-electron chi connectivity index (χ1n) is 11.0. The average molecular weight is 448 g/mol. The zero-order chi connectivity index (χ0) is 23.4. The molecular formula is C25H20N8O. The van der Waals surface area contributed by atoms with Gasteiger partial charge >= 0.3 is 0 Å². The van der Waals surface area contributed by atoms with Crippen LogP contribution in [0.1, 0.15) is 12.0 Å². The number of amides is 1. The number of carbonyl (C=O) groups excluding carboxylic acids is 1. The number of anilines is 1. The Morgan fingerprint density at radius 2 is 1.91 bits per heavy atom. The van der Waals surface area contributed by atoms with Crippen LogP contribution in [0.25, 0.3) is 27.8 Å². The molecule has 1 amide bonds. The van der Waals surface area contributed by atoms with E-state index in [0.29, 0.717) is 18.7 Å². The molecule has 0 saturated carbocycles. The molecule has 2 atom stereocenters. The molecule has 34 heavy (non-hydrogen) atoms. The number of nitrogens with zero attached hydrogens (tertiary/aromatic N) is 8. The molecule has 0 aromatic carbocycles. The first-order valence-corrected chi connectivity index (χ1v) is 11.0. The van der Waals surface area contributed by atoms with E-state index in [1.807, 2.05) is 43.8 Å². The average Bonchev–Trinajstić information content (AvgIpc) is 3.49. The van der Waals surface area contributed by atoms with Crippen LogP contribution < -0.4 is 4.90 Å². The van der Waals surface area contributed by atoms with E-state index < -0.39 is 0 Å². The molecule has 2 bridgehead atoms. The molecule has 3 aliphatic heterocycles. The van der Waals surface area contributed by atoms with E-state index in [-0.39, 0.29) is 18.0 Å². The van der Waals surface area contributed by atoms with E-state index in [0.717, 1.165) is 40.0 Å². The quantitative estimate of drug-likeness (QED) is 0.446. The van der Waals surface area contributed by atoms with Crippen LogP contribution in [-0.4, -0.2) is 60.4 Å². The summed E-state index contributed by atoms with van der Waals surface area (Å²) in [5, 5.41) is 18.3. The zero-order valence-corrected chi connectivity index (χ0v) is 18.5. The summed E-state index contributed by atoms with van der Waals surface area (Å²) in [4.78, 5) is 20.6. The van der Waals surface area contributed by atoms with Crippen LogP contribution in [0.3, 0.4) is 0 Å². The highest BCUT2D eigenvalue weighted by Crippen LogP contribution is 2.37. The number of piperazine rings is 1. The van der Waals surface area contributed by atoms with Gasteiger partial charge in [-0.05, 0) is 30.5 Å². The summed E-state index contributed by atoms with van der Waals surface area (Å²) in [5.74, 6) is 2.85. The van der Waals surface area contributed by atoms with Crippen LogP contribution in [0.15, 0.2) is 49.2 Å². The van der Waals surface area contributed by atoms with E-state index in [2.05, 4.69) is 27.1 Å². The van der Waals surface area contributed by atoms with Gasteiger partial charge in [-0.1, -0.05) is 0 Å². The normalized spacial score (nSPS) is 18.9. The predicted octanol–water partition coefficient (Wildman–Crippen LogP) is 2.09. The minimum atomic E-state index is -0.246. The Bertz CT molecular complexity index is 1510. The highest BCUT2D eigenvalue weighted by atomic mass is 16.2. The van der Waals surface area contributed by atoms with Crippen molar-refractivity contribution in [3.63, 3.8) is 0 Å². The fourth-order valence-electron chi connectivity index (χ4n) is 5.09. The minimum Gasteiger partial charge on any atom is -0.347 e. The largest absolute Gasteiger partial charge is 0.347 e. The smallest absolute Gasteiger partial charge is 0.298 e. The van der Waals surface area contributed by atoms with E-state index in [1.165, 1.54) is 0 Å². The number of hydrogen-bond donors (Lipinski definition) is 0. The first kappa shape index (κ1) is 20.0. The van der Waals surface area contributed by atoms with Crippen molar-refractivity contribution >= 4 is 17.2 Å². The SMILES string of the molecule is C#CC(=O)N1CC2CC(C1)N2c1ccc(-c2cc(-c3cnn(C)c3)cn3ncc(C#N)c23)cn1. The van der Waals surface area contributed by atoms with Crippen molar-refractivity contribution < 1.29 is 4.79 Å². The lowest BCUT2D eigenvalue weighted by Gasteiger charge is -2.56. The van der Waals surface area contributed by atoms with Crippen molar-refractivity contribution in [1.29, 1.82) is 5.26 Å². The van der Waals surface area contributed by atoms with Crippen LogP contribution in [0.5, 0.6) is 0 Å². The maximum atomic E-state index is 11.9. The Hall–Kier alpha value is -4.63. The van der Waals surface area contributed by atoms with Gasteiger partial charge in [0, 0.05) is 61.0 Å². The van der Waals surface area contributed by atoms with Gasteiger partial charge < -0.3 is 9.80 Å². The third-order valence-electron chi connectivity index (χ3n) is 6.70. The van der Waals surface area contributed by atoms with Gasteiger partial charge in [-0.3, -0.25) is 9.48 Å². The standard InChI is InChI=1S/C25H20N8O/c1-3-24(34)31-14-20-7-21(15-31)33(20)23-5-4-16(9-27-23)22-6-17(19-11-28-30(2)12-19)13-32-25(22)18(8-26)10-29-32/h1,4-6,9-13,20-21H,7,14-15H2,2H3. The third-order valence-corrected chi connectivity index (χ3v) is 6.70. The maximum absolute atomic E-state index is 11.9. The van der Waals surface area contributed by atoms with E-state index >= 15 is 0 Å². The molecule has 3 fully saturated rings. The number of pyridine rings is 2. The Labute approximate surface area is 195 Å². The molecule has 0 N–H and O–H groups in total. The second kappa shape index (κ2) is 7.46. The summed E-state index contributed by atoms with van der Waals surface area (Å²) in [7, 11) is 1.88. The number of aromatic nitrogens is 5. The van der Waals surface area contributed by atoms with Crippen LogP contribution in [0, 0.1) is 23.7 Å². The van der Waals surface area contributed by atoms with Crippen LogP contribution in [0.4, 0.5) is 5.82 Å². The molecule has 0 spiro atoms. The molecule has 7 rings (SSSR count). The summed E-state index contributed by atoms with van der Waals surface area (Å²) in [5.41, 5.74) is 4.93. The Balaban J connectivity index is 1.36. The highest BCUT2D eigenvalue weighted by molar-refractivity contribution is 5.93. The van der Waals surface area contributed by atoms with Gasteiger partial charge in [0.25, 0.3) is 5.91 Å². The van der Waals surface area contributed by atoms with Gasteiger partial charge in [0.1, 0.15) is 11.9 Å². The second-order valence-electron chi connectivity index (χ2n) is 8.72. The molecule has 3 aliphatic rings. The molecule has 3 saturated heterocycles. The molecule has 9 nitrogen and oxygen atoms in total. The van der Waals surface area contributed by atoms with Crippen molar-refractivity contribution in [3.8, 4) is 40.7 Å². The Morgan fingerprint density at radius 3 is 2.56 bits per heavy atom. The number of hydrogen-bond acceptors (Lipinski definition) is 6. The Morgan fingerprint density at radius 1 is 1.09 bits per heavy atom. The maximum Gasteiger partial charge on any atom is 0.298 e. The molecule has 7 heterocycles. The van der Waals surface area contributed by atoms with Gasteiger partial charge in [0.15, 0.2) is 0 Å². The lowest BCUT2D eigenvalue weighted by atomic mass is 9.87. The third kappa shape index (κ3) is 3.02. The van der Waals surface area contributed by atoms with Crippen LogP contribution >= 0.6 is 0 Å². The highest BCUT2D eigenvalue weighted by Gasteiger charge is 2.46. The number of fused-ring (bicyclic) bond motifs is 3.